The molecule has 108 valence electrons. The molecule has 0 aromatic heterocycles. The molecule has 0 amide bonds. The Kier molecular flexibility index (Phi) is 5.46. The third-order valence-electron chi connectivity index (χ3n) is 4.05. The maximum atomic E-state index is 12.1. The van der Waals surface area contributed by atoms with Gasteiger partial charge in [0.2, 0.25) is 0 Å². The van der Waals surface area contributed by atoms with Crippen LogP contribution in [0.3, 0.4) is 0 Å². The van der Waals surface area contributed by atoms with Crippen molar-refractivity contribution in [2.75, 3.05) is 13.2 Å². The van der Waals surface area contributed by atoms with E-state index < -0.39 is 18.2 Å². The van der Waals surface area contributed by atoms with Gasteiger partial charge in [-0.05, 0) is 37.5 Å². The first kappa shape index (κ1) is 15.8. The van der Waals surface area contributed by atoms with Crippen molar-refractivity contribution in [3.05, 3.63) is 0 Å². The van der Waals surface area contributed by atoms with Gasteiger partial charge >= 0.3 is 6.18 Å². The van der Waals surface area contributed by atoms with Crippen molar-refractivity contribution in [2.24, 2.45) is 17.6 Å². The Labute approximate surface area is 107 Å². The van der Waals surface area contributed by atoms with Gasteiger partial charge < -0.3 is 10.5 Å². The molecular formula is C13H24F3NO. The van der Waals surface area contributed by atoms with E-state index in [2.05, 4.69) is 13.8 Å². The van der Waals surface area contributed by atoms with Crippen molar-refractivity contribution in [1.29, 1.82) is 0 Å². The van der Waals surface area contributed by atoms with Crippen molar-refractivity contribution in [2.45, 2.75) is 57.7 Å². The van der Waals surface area contributed by atoms with Crippen molar-refractivity contribution < 1.29 is 17.9 Å². The number of halogens is 3. The van der Waals surface area contributed by atoms with Gasteiger partial charge in [0, 0.05) is 6.54 Å². The summed E-state index contributed by atoms with van der Waals surface area (Å²) in [4.78, 5) is 0. The molecule has 18 heavy (non-hydrogen) atoms. The Morgan fingerprint density at radius 2 is 1.83 bits per heavy atom. The highest BCUT2D eigenvalue weighted by Crippen LogP contribution is 2.38. The van der Waals surface area contributed by atoms with Gasteiger partial charge in [0.1, 0.15) is 0 Å². The zero-order valence-electron chi connectivity index (χ0n) is 11.2. The van der Waals surface area contributed by atoms with Crippen LogP contribution in [0.4, 0.5) is 13.2 Å². The maximum Gasteiger partial charge on any atom is 0.391 e. The first-order chi connectivity index (χ1) is 8.28. The van der Waals surface area contributed by atoms with Crippen LogP contribution in [-0.4, -0.2) is 24.9 Å². The second-order valence-electron chi connectivity index (χ2n) is 5.68. The number of hydrogen-bond acceptors (Lipinski definition) is 2. The number of hydrogen-bond donors (Lipinski definition) is 1. The molecule has 0 bridgehead atoms. The molecule has 2 N–H and O–H groups in total. The molecule has 0 atom stereocenters. The highest BCUT2D eigenvalue weighted by Gasteiger charge is 2.37. The molecule has 1 saturated carbocycles. The molecule has 1 aliphatic rings. The van der Waals surface area contributed by atoms with E-state index in [4.69, 9.17) is 10.5 Å². The van der Waals surface area contributed by atoms with Crippen LogP contribution in [0.2, 0.25) is 0 Å². The van der Waals surface area contributed by atoms with Crippen LogP contribution in [-0.2, 0) is 4.74 Å². The predicted octanol–water partition coefficient (Wildman–Crippen LogP) is 3.50. The minimum absolute atomic E-state index is 0.271. The highest BCUT2D eigenvalue weighted by molar-refractivity contribution is 4.89. The predicted molar refractivity (Wildman–Crippen MR) is 65.2 cm³/mol. The number of alkyl halides is 3. The van der Waals surface area contributed by atoms with Gasteiger partial charge in [-0.3, -0.25) is 0 Å². The summed E-state index contributed by atoms with van der Waals surface area (Å²) in [5, 5.41) is 0. The summed E-state index contributed by atoms with van der Waals surface area (Å²) >= 11 is 0. The number of ether oxygens (including phenoxy) is 1. The minimum Gasteiger partial charge on any atom is -0.373 e. The fraction of sp³-hybridized carbons (Fsp3) is 1.00. The quantitative estimate of drug-likeness (QED) is 0.827. The molecule has 2 nitrogen and oxygen atoms in total. The number of nitrogens with two attached hydrogens (primary N) is 1. The lowest BCUT2D eigenvalue weighted by Crippen LogP contribution is -2.45. The summed E-state index contributed by atoms with van der Waals surface area (Å²) in [6.45, 7) is 4.41. The fourth-order valence-corrected chi connectivity index (χ4v) is 2.62. The summed E-state index contributed by atoms with van der Waals surface area (Å²) in [5.41, 5.74) is 5.19. The molecule has 0 unspecified atom stereocenters. The monoisotopic (exact) mass is 267 g/mol. The van der Waals surface area contributed by atoms with Crippen LogP contribution >= 0.6 is 0 Å². The van der Waals surface area contributed by atoms with Crippen LogP contribution < -0.4 is 5.73 Å². The second kappa shape index (κ2) is 6.24. The van der Waals surface area contributed by atoms with Crippen LogP contribution in [0.15, 0.2) is 0 Å². The fourth-order valence-electron chi connectivity index (χ4n) is 2.62. The summed E-state index contributed by atoms with van der Waals surface area (Å²) < 4.78 is 41.8. The minimum atomic E-state index is -4.15. The molecule has 5 heteroatoms. The molecule has 0 saturated heterocycles. The Morgan fingerprint density at radius 3 is 2.22 bits per heavy atom. The van der Waals surface area contributed by atoms with Gasteiger partial charge in [0.05, 0.1) is 18.6 Å². The van der Waals surface area contributed by atoms with Gasteiger partial charge in [-0.2, -0.15) is 13.2 Å². The topological polar surface area (TPSA) is 35.2 Å². The van der Waals surface area contributed by atoms with E-state index >= 15 is 0 Å². The van der Waals surface area contributed by atoms with E-state index in [9.17, 15) is 13.2 Å². The first-order valence-electron chi connectivity index (χ1n) is 6.69. The Morgan fingerprint density at radius 1 is 1.28 bits per heavy atom. The SMILES string of the molecule is CC(C)C1CCC(CN)(OCCC(F)(F)F)CC1. The van der Waals surface area contributed by atoms with Gasteiger partial charge in [-0.15, -0.1) is 0 Å². The highest BCUT2D eigenvalue weighted by atomic mass is 19.4. The van der Waals surface area contributed by atoms with Gasteiger partial charge in [-0.25, -0.2) is 0 Å². The van der Waals surface area contributed by atoms with Crippen molar-refractivity contribution in [3.63, 3.8) is 0 Å². The lowest BCUT2D eigenvalue weighted by molar-refractivity contribution is -0.162. The van der Waals surface area contributed by atoms with E-state index in [1.54, 1.807) is 0 Å². The molecule has 1 fully saturated rings. The third-order valence-corrected chi connectivity index (χ3v) is 4.05. The maximum absolute atomic E-state index is 12.1. The lowest BCUT2D eigenvalue weighted by Gasteiger charge is -2.40. The van der Waals surface area contributed by atoms with E-state index in [-0.39, 0.29) is 6.61 Å². The summed E-state index contributed by atoms with van der Waals surface area (Å²) in [5.74, 6) is 1.27. The van der Waals surface area contributed by atoms with Crippen molar-refractivity contribution in [1.82, 2.24) is 0 Å². The molecule has 1 rings (SSSR count). The zero-order valence-corrected chi connectivity index (χ0v) is 11.2. The van der Waals surface area contributed by atoms with Crippen molar-refractivity contribution >= 4 is 0 Å². The van der Waals surface area contributed by atoms with E-state index in [1.165, 1.54) is 0 Å². The third kappa shape index (κ3) is 4.76. The molecular weight excluding hydrogens is 243 g/mol. The van der Waals surface area contributed by atoms with Crippen LogP contribution in [0, 0.1) is 11.8 Å². The molecule has 1 aliphatic carbocycles. The van der Waals surface area contributed by atoms with Gasteiger partial charge in [0.15, 0.2) is 0 Å². The molecule has 0 aromatic carbocycles. The zero-order chi connectivity index (χ0) is 13.8. The normalized spacial score (nSPS) is 29.8. The lowest BCUT2D eigenvalue weighted by atomic mass is 9.74. The smallest absolute Gasteiger partial charge is 0.373 e. The van der Waals surface area contributed by atoms with E-state index in [0.717, 1.165) is 25.7 Å². The summed E-state index contributed by atoms with van der Waals surface area (Å²) in [7, 11) is 0. The van der Waals surface area contributed by atoms with Crippen molar-refractivity contribution in [3.8, 4) is 0 Å². The molecule has 0 aromatic rings. The van der Waals surface area contributed by atoms with E-state index in [1.807, 2.05) is 0 Å². The van der Waals surface area contributed by atoms with Gasteiger partial charge in [-0.1, -0.05) is 13.8 Å². The summed E-state index contributed by atoms with van der Waals surface area (Å²) in [6.07, 6.45) is -1.47. The molecule has 0 heterocycles. The largest absolute Gasteiger partial charge is 0.391 e. The molecule has 0 radical (unpaired) electrons. The first-order valence-corrected chi connectivity index (χ1v) is 6.69. The van der Waals surface area contributed by atoms with Crippen LogP contribution in [0.25, 0.3) is 0 Å². The van der Waals surface area contributed by atoms with Gasteiger partial charge in [0.25, 0.3) is 0 Å². The standard InChI is InChI=1S/C13H24F3NO/c1-10(2)11-3-5-12(9-17,6-4-11)18-8-7-13(14,15)16/h10-11H,3-9,17H2,1-2H3. The van der Waals surface area contributed by atoms with Crippen LogP contribution in [0.5, 0.6) is 0 Å². The average molecular weight is 267 g/mol. The summed E-state index contributed by atoms with van der Waals surface area (Å²) in [6, 6.07) is 0. The average Bonchev–Trinajstić information content (AvgIpc) is 2.28. The Balaban J connectivity index is 2.41. The number of rotatable bonds is 5. The molecule has 0 spiro atoms. The second-order valence-corrected chi connectivity index (χ2v) is 5.68. The Hall–Kier alpha value is -0.290. The van der Waals surface area contributed by atoms with E-state index in [0.29, 0.717) is 18.4 Å². The Bertz CT molecular complexity index is 245. The molecule has 0 aliphatic heterocycles. The van der Waals surface area contributed by atoms with Crippen LogP contribution in [0.1, 0.15) is 46.0 Å².